The molecule has 7 nitrogen and oxygen atoms in total. The van der Waals surface area contributed by atoms with Crippen LogP contribution in [0.5, 0.6) is 11.5 Å². The Labute approximate surface area is 163 Å². The van der Waals surface area contributed by atoms with Gasteiger partial charge in [0.25, 0.3) is 5.91 Å². The van der Waals surface area contributed by atoms with Gasteiger partial charge < -0.3 is 14.4 Å². The van der Waals surface area contributed by atoms with Gasteiger partial charge in [0.15, 0.2) is 6.61 Å². The minimum absolute atomic E-state index is 0.184. The average Bonchev–Trinajstić information content (AvgIpc) is 2.73. The van der Waals surface area contributed by atoms with E-state index in [2.05, 4.69) is 0 Å². The highest BCUT2D eigenvalue weighted by atomic mass is 32.2. The van der Waals surface area contributed by atoms with E-state index in [9.17, 15) is 17.6 Å². The van der Waals surface area contributed by atoms with Crippen LogP contribution in [0, 0.1) is 5.82 Å². The Morgan fingerprint density at radius 2 is 1.54 bits per heavy atom. The standard InChI is InChI=1S/C19H21FN2O5S/c1-26-16-6-8-18(9-7-16)28(24,25)22-12-10-21(11-13-22)19(23)14-27-17-4-2-15(20)3-5-17/h2-9H,10-14H2,1H3. The summed E-state index contributed by atoms with van der Waals surface area (Å²) in [6.07, 6.45) is 0. The summed E-state index contributed by atoms with van der Waals surface area (Å²) in [6.45, 7) is 0.784. The van der Waals surface area contributed by atoms with Gasteiger partial charge in [0, 0.05) is 26.2 Å². The van der Waals surface area contributed by atoms with Crippen LogP contribution in [-0.4, -0.2) is 63.4 Å². The van der Waals surface area contributed by atoms with Gasteiger partial charge in [-0.15, -0.1) is 0 Å². The lowest BCUT2D eigenvalue weighted by Gasteiger charge is -2.34. The molecule has 3 rings (SSSR count). The summed E-state index contributed by atoms with van der Waals surface area (Å²) in [5, 5.41) is 0. The first kappa shape index (κ1) is 20.1. The Kier molecular flexibility index (Phi) is 6.15. The molecule has 1 aliphatic rings. The number of hydrogen-bond donors (Lipinski definition) is 0. The number of carbonyl (C=O) groups is 1. The van der Waals surface area contributed by atoms with Crippen molar-refractivity contribution in [2.75, 3.05) is 39.9 Å². The Bertz CT molecular complexity index is 908. The number of nitrogens with zero attached hydrogens (tertiary/aromatic N) is 2. The number of methoxy groups -OCH3 is 1. The van der Waals surface area contributed by atoms with Gasteiger partial charge in [0.2, 0.25) is 10.0 Å². The lowest BCUT2D eigenvalue weighted by Crippen LogP contribution is -2.51. The summed E-state index contributed by atoms with van der Waals surface area (Å²) >= 11 is 0. The number of piperazine rings is 1. The SMILES string of the molecule is COc1ccc(S(=O)(=O)N2CCN(C(=O)COc3ccc(F)cc3)CC2)cc1. The number of hydrogen-bond acceptors (Lipinski definition) is 5. The van der Waals surface area contributed by atoms with Crippen LogP contribution < -0.4 is 9.47 Å². The molecule has 0 aliphatic carbocycles. The first-order valence-electron chi connectivity index (χ1n) is 8.70. The molecule has 0 aromatic heterocycles. The highest BCUT2D eigenvalue weighted by Crippen LogP contribution is 2.21. The second-order valence-electron chi connectivity index (χ2n) is 6.20. The molecule has 0 atom stereocenters. The minimum Gasteiger partial charge on any atom is -0.497 e. The Morgan fingerprint density at radius 1 is 0.964 bits per heavy atom. The fourth-order valence-electron chi connectivity index (χ4n) is 2.84. The fourth-order valence-corrected chi connectivity index (χ4v) is 4.26. The third kappa shape index (κ3) is 4.60. The third-order valence-corrected chi connectivity index (χ3v) is 6.38. The molecule has 150 valence electrons. The lowest BCUT2D eigenvalue weighted by molar-refractivity contribution is -0.134. The number of rotatable bonds is 6. The predicted molar refractivity (Wildman–Crippen MR) is 100 cm³/mol. The summed E-state index contributed by atoms with van der Waals surface area (Å²) in [5.41, 5.74) is 0. The van der Waals surface area contributed by atoms with E-state index in [4.69, 9.17) is 9.47 Å². The minimum atomic E-state index is -3.62. The van der Waals surface area contributed by atoms with Crippen LogP contribution in [0.2, 0.25) is 0 Å². The van der Waals surface area contributed by atoms with Gasteiger partial charge in [-0.25, -0.2) is 12.8 Å². The smallest absolute Gasteiger partial charge is 0.260 e. The molecule has 0 saturated carbocycles. The first-order chi connectivity index (χ1) is 13.4. The van der Waals surface area contributed by atoms with Crippen molar-refractivity contribution in [2.24, 2.45) is 0 Å². The van der Waals surface area contributed by atoms with E-state index < -0.39 is 10.0 Å². The summed E-state index contributed by atoms with van der Waals surface area (Å²) in [6, 6.07) is 11.6. The monoisotopic (exact) mass is 408 g/mol. The van der Waals surface area contributed by atoms with E-state index in [0.717, 1.165) is 0 Å². The highest BCUT2D eigenvalue weighted by Gasteiger charge is 2.30. The number of amides is 1. The van der Waals surface area contributed by atoms with Crippen LogP contribution in [0.4, 0.5) is 4.39 Å². The van der Waals surface area contributed by atoms with Gasteiger partial charge >= 0.3 is 0 Å². The molecule has 28 heavy (non-hydrogen) atoms. The van der Waals surface area contributed by atoms with Crippen molar-refractivity contribution in [1.29, 1.82) is 0 Å². The largest absolute Gasteiger partial charge is 0.497 e. The summed E-state index contributed by atoms with van der Waals surface area (Å²) in [5.74, 6) is 0.352. The maximum Gasteiger partial charge on any atom is 0.260 e. The van der Waals surface area contributed by atoms with Gasteiger partial charge in [0.05, 0.1) is 12.0 Å². The van der Waals surface area contributed by atoms with Crippen LogP contribution in [0.15, 0.2) is 53.4 Å². The average molecular weight is 408 g/mol. The van der Waals surface area contributed by atoms with Crippen LogP contribution in [0.3, 0.4) is 0 Å². The van der Waals surface area contributed by atoms with Crippen molar-refractivity contribution >= 4 is 15.9 Å². The molecule has 0 N–H and O–H groups in total. The summed E-state index contributed by atoms with van der Waals surface area (Å²) in [7, 11) is -2.11. The summed E-state index contributed by atoms with van der Waals surface area (Å²) in [4.78, 5) is 14.0. The van der Waals surface area contributed by atoms with Gasteiger partial charge in [-0.05, 0) is 48.5 Å². The second kappa shape index (κ2) is 8.57. The molecule has 0 radical (unpaired) electrons. The van der Waals surface area contributed by atoms with E-state index in [1.165, 1.54) is 47.8 Å². The molecule has 1 fully saturated rings. The van der Waals surface area contributed by atoms with Gasteiger partial charge in [0.1, 0.15) is 17.3 Å². The molecule has 0 bridgehead atoms. The number of benzene rings is 2. The third-order valence-electron chi connectivity index (χ3n) is 4.46. The second-order valence-corrected chi connectivity index (χ2v) is 8.14. The molecule has 0 unspecified atom stereocenters. The summed E-state index contributed by atoms with van der Waals surface area (Å²) < 4.78 is 50.1. The lowest BCUT2D eigenvalue weighted by atomic mass is 10.3. The Morgan fingerprint density at radius 3 is 2.11 bits per heavy atom. The topological polar surface area (TPSA) is 76.2 Å². The van der Waals surface area contributed by atoms with Crippen LogP contribution in [-0.2, 0) is 14.8 Å². The van der Waals surface area contributed by atoms with Crippen molar-refractivity contribution in [3.63, 3.8) is 0 Å². The number of ether oxygens (including phenoxy) is 2. The van der Waals surface area contributed by atoms with Crippen LogP contribution in [0.1, 0.15) is 0 Å². The van der Waals surface area contributed by atoms with Crippen LogP contribution in [0.25, 0.3) is 0 Å². The van der Waals surface area contributed by atoms with Crippen molar-refractivity contribution < 1.29 is 27.1 Å². The van der Waals surface area contributed by atoms with Crippen molar-refractivity contribution in [2.45, 2.75) is 4.90 Å². The molecular formula is C19H21FN2O5S. The first-order valence-corrected chi connectivity index (χ1v) is 10.1. The molecule has 1 amide bonds. The normalized spacial score (nSPS) is 15.3. The molecule has 1 aliphatic heterocycles. The molecule has 0 spiro atoms. The molecule has 1 saturated heterocycles. The molecule has 2 aromatic carbocycles. The predicted octanol–water partition coefficient (Wildman–Crippen LogP) is 1.75. The zero-order valence-electron chi connectivity index (χ0n) is 15.4. The fraction of sp³-hybridized carbons (Fsp3) is 0.316. The van der Waals surface area contributed by atoms with Crippen molar-refractivity contribution in [3.8, 4) is 11.5 Å². The Hall–Kier alpha value is -2.65. The maximum absolute atomic E-state index is 12.9. The number of carbonyl (C=O) groups excluding carboxylic acids is 1. The van der Waals surface area contributed by atoms with E-state index >= 15 is 0 Å². The number of sulfonamides is 1. The molecular weight excluding hydrogens is 387 g/mol. The zero-order valence-corrected chi connectivity index (χ0v) is 16.2. The van der Waals surface area contributed by atoms with Crippen LogP contribution >= 0.6 is 0 Å². The van der Waals surface area contributed by atoms with E-state index in [-0.39, 0.29) is 49.4 Å². The van der Waals surface area contributed by atoms with E-state index in [1.54, 1.807) is 17.0 Å². The highest BCUT2D eigenvalue weighted by molar-refractivity contribution is 7.89. The van der Waals surface area contributed by atoms with Crippen molar-refractivity contribution in [3.05, 3.63) is 54.3 Å². The van der Waals surface area contributed by atoms with Gasteiger partial charge in [-0.3, -0.25) is 4.79 Å². The molecule has 2 aromatic rings. The zero-order chi connectivity index (χ0) is 20.1. The van der Waals surface area contributed by atoms with E-state index in [1.807, 2.05) is 0 Å². The van der Waals surface area contributed by atoms with Gasteiger partial charge in [-0.1, -0.05) is 0 Å². The van der Waals surface area contributed by atoms with E-state index in [0.29, 0.717) is 11.5 Å². The quantitative estimate of drug-likeness (QED) is 0.728. The van der Waals surface area contributed by atoms with Gasteiger partial charge in [-0.2, -0.15) is 4.31 Å². The maximum atomic E-state index is 12.9. The van der Waals surface area contributed by atoms with Crippen molar-refractivity contribution in [1.82, 2.24) is 9.21 Å². The molecule has 1 heterocycles. The molecule has 9 heteroatoms. The number of halogens is 1. The Balaban J connectivity index is 1.54.